The number of aromatic nitrogens is 3. The van der Waals surface area contributed by atoms with Crippen LogP contribution < -0.4 is 16.0 Å². The fourth-order valence-electron chi connectivity index (χ4n) is 5.77. The first kappa shape index (κ1) is 30.1. The number of anilines is 2. The molecule has 0 aliphatic heterocycles. The summed E-state index contributed by atoms with van der Waals surface area (Å²) in [5.74, 6) is 0.596. The maximum absolute atomic E-state index is 13.1. The van der Waals surface area contributed by atoms with Crippen LogP contribution in [0, 0.1) is 0 Å². The lowest BCUT2D eigenvalue weighted by molar-refractivity contribution is 0.168. The molecule has 6 rings (SSSR count). The van der Waals surface area contributed by atoms with E-state index >= 15 is 0 Å². The molecule has 1 atom stereocenters. The van der Waals surface area contributed by atoms with Gasteiger partial charge in [-0.2, -0.15) is 5.10 Å². The molecule has 230 valence electrons. The van der Waals surface area contributed by atoms with Crippen LogP contribution >= 0.6 is 0 Å². The molecule has 2 heterocycles. The topological polar surface area (TPSA) is 110 Å². The van der Waals surface area contributed by atoms with Crippen molar-refractivity contribution >= 4 is 34.7 Å². The van der Waals surface area contributed by atoms with Crippen LogP contribution in [0.1, 0.15) is 42.1 Å². The van der Waals surface area contributed by atoms with Crippen molar-refractivity contribution in [2.75, 3.05) is 17.2 Å². The maximum atomic E-state index is 13.1. The quantitative estimate of drug-likeness (QED) is 0.145. The molecule has 0 aliphatic carbocycles. The zero-order chi connectivity index (χ0) is 31.9. The molecule has 9 nitrogen and oxygen atoms in total. The van der Waals surface area contributed by atoms with Gasteiger partial charge in [0.25, 0.3) is 0 Å². The molecule has 9 heteroatoms. The third kappa shape index (κ3) is 5.90. The van der Waals surface area contributed by atoms with Gasteiger partial charge in [0, 0.05) is 12.3 Å². The summed E-state index contributed by atoms with van der Waals surface area (Å²) in [4.78, 5) is 30.4. The SMILES string of the molecule is CCOC(=O)Nc1nn(C(c2ccccc2)(c2ccccc2)c2ccccc2)c2cc(NC(=O)N[C@H](C)c3ccccc3)ncc12. The number of carbonyl (C=O) groups excluding carboxylic acids is 2. The number of amides is 3. The molecule has 3 amide bonds. The number of urea groups is 1. The number of hydrogen-bond donors (Lipinski definition) is 3. The van der Waals surface area contributed by atoms with E-state index in [2.05, 4.69) is 57.3 Å². The number of carbonyl (C=O) groups is 2. The van der Waals surface area contributed by atoms with E-state index in [1.165, 1.54) is 0 Å². The highest BCUT2D eigenvalue weighted by Gasteiger charge is 2.41. The molecule has 0 fully saturated rings. The van der Waals surface area contributed by atoms with E-state index in [0.29, 0.717) is 16.7 Å². The molecule has 46 heavy (non-hydrogen) atoms. The number of nitrogens with zero attached hydrogens (tertiary/aromatic N) is 3. The normalized spacial score (nSPS) is 11.9. The van der Waals surface area contributed by atoms with Crippen LogP contribution in [0.4, 0.5) is 21.2 Å². The minimum Gasteiger partial charge on any atom is -0.450 e. The maximum Gasteiger partial charge on any atom is 0.412 e. The van der Waals surface area contributed by atoms with Crippen LogP contribution in [0.25, 0.3) is 10.9 Å². The van der Waals surface area contributed by atoms with Gasteiger partial charge in [0.2, 0.25) is 0 Å². The summed E-state index contributed by atoms with van der Waals surface area (Å²) in [5, 5.41) is 14.3. The van der Waals surface area contributed by atoms with Crippen LogP contribution in [0.15, 0.2) is 134 Å². The van der Waals surface area contributed by atoms with Gasteiger partial charge in [0.1, 0.15) is 11.4 Å². The van der Waals surface area contributed by atoms with E-state index in [4.69, 9.17) is 9.84 Å². The molecule has 2 aromatic heterocycles. The second kappa shape index (κ2) is 13.4. The first-order valence-corrected chi connectivity index (χ1v) is 15.1. The third-order valence-corrected chi connectivity index (χ3v) is 7.84. The van der Waals surface area contributed by atoms with Crippen molar-refractivity contribution in [2.45, 2.75) is 25.4 Å². The second-order valence-electron chi connectivity index (χ2n) is 10.7. The summed E-state index contributed by atoms with van der Waals surface area (Å²) < 4.78 is 7.10. The summed E-state index contributed by atoms with van der Waals surface area (Å²) >= 11 is 0. The fourth-order valence-corrected chi connectivity index (χ4v) is 5.77. The Balaban J connectivity index is 1.54. The molecule has 0 bridgehead atoms. The Morgan fingerprint density at radius 2 is 1.30 bits per heavy atom. The van der Waals surface area contributed by atoms with E-state index in [9.17, 15) is 9.59 Å². The molecule has 0 saturated heterocycles. The average Bonchev–Trinajstić information content (AvgIpc) is 3.44. The van der Waals surface area contributed by atoms with E-state index in [1.807, 2.05) is 96.5 Å². The van der Waals surface area contributed by atoms with Crippen molar-refractivity contribution in [2.24, 2.45) is 0 Å². The number of rotatable bonds is 9. The van der Waals surface area contributed by atoms with Crippen LogP contribution in [-0.4, -0.2) is 33.5 Å². The number of pyridine rings is 1. The van der Waals surface area contributed by atoms with Crippen molar-refractivity contribution in [3.63, 3.8) is 0 Å². The minimum atomic E-state index is -0.987. The fraction of sp³-hybridized carbons (Fsp3) is 0.135. The van der Waals surface area contributed by atoms with Gasteiger partial charge in [-0.15, -0.1) is 0 Å². The molecule has 4 aromatic carbocycles. The van der Waals surface area contributed by atoms with Crippen molar-refractivity contribution in [3.8, 4) is 0 Å². The van der Waals surface area contributed by atoms with Crippen molar-refractivity contribution < 1.29 is 14.3 Å². The summed E-state index contributed by atoms with van der Waals surface area (Å²) in [5.41, 5.74) is 3.46. The molecule has 6 aromatic rings. The Labute approximate surface area is 267 Å². The zero-order valence-electron chi connectivity index (χ0n) is 25.6. The Bertz CT molecular complexity index is 1830. The van der Waals surface area contributed by atoms with Crippen molar-refractivity contribution in [1.82, 2.24) is 20.1 Å². The molecule has 0 radical (unpaired) electrons. The number of ether oxygens (including phenoxy) is 1. The summed E-state index contributed by atoms with van der Waals surface area (Å²) in [6.45, 7) is 3.86. The van der Waals surface area contributed by atoms with Gasteiger partial charge in [0.15, 0.2) is 5.82 Å². The molecule has 0 aliphatic rings. The molecule has 0 unspecified atom stereocenters. The van der Waals surface area contributed by atoms with Gasteiger partial charge < -0.3 is 10.1 Å². The van der Waals surface area contributed by atoms with E-state index in [-0.39, 0.29) is 18.5 Å². The molecular formula is C37H34N6O3. The number of nitrogens with one attached hydrogen (secondary N) is 3. The monoisotopic (exact) mass is 610 g/mol. The summed E-state index contributed by atoms with van der Waals surface area (Å²) in [6, 6.07) is 41.1. The third-order valence-electron chi connectivity index (χ3n) is 7.84. The summed E-state index contributed by atoms with van der Waals surface area (Å²) in [7, 11) is 0. The number of benzene rings is 4. The Hall–Kier alpha value is -5.96. The zero-order valence-corrected chi connectivity index (χ0v) is 25.6. The Kier molecular flexibility index (Phi) is 8.73. The lowest BCUT2D eigenvalue weighted by Crippen LogP contribution is -2.38. The first-order chi connectivity index (χ1) is 22.5. The Morgan fingerprint density at radius 1 is 0.783 bits per heavy atom. The highest BCUT2D eigenvalue weighted by atomic mass is 16.5. The lowest BCUT2D eigenvalue weighted by atomic mass is 9.77. The Morgan fingerprint density at radius 3 is 1.83 bits per heavy atom. The van der Waals surface area contributed by atoms with Gasteiger partial charge in [-0.1, -0.05) is 121 Å². The van der Waals surface area contributed by atoms with Gasteiger partial charge in [-0.05, 0) is 36.1 Å². The highest BCUT2D eigenvalue weighted by Crippen LogP contribution is 2.43. The first-order valence-electron chi connectivity index (χ1n) is 15.1. The standard InChI is InChI=1S/C37H34N6O3/c1-3-46-36(45)41-34-31-25-38-33(40-35(44)39-26(2)27-16-8-4-9-17-27)24-32(31)43(42-34)37(28-18-10-5-11-19-28,29-20-12-6-13-21-29)30-22-14-7-15-23-30/h4-26H,3H2,1-2H3,(H,41,42,45)(H2,38,39,40,44)/t26-/m1/s1. The van der Waals surface area contributed by atoms with E-state index < -0.39 is 17.7 Å². The lowest BCUT2D eigenvalue weighted by Gasteiger charge is -2.37. The van der Waals surface area contributed by atoms with Gasteiger partial charge >= 0.3 is 12.1 Å². The van der Waals surface area contributed by atoms with Gasteiger partial charge in [-0.25, -0.2) is 19.3 Å². The van der Waals surface area contributed by atoms with Crippen LogP contribution in [0.5, 0.6) is 0 Å². The van der Waals surface area contributed by atoms with E-state index in [1.54, 1.807) is 19.2 Å². The molecule has 0 spiro atoms. The smallest absolute Gasteiger partial charge is 0.412 e. The van der Waals surface area contributed by atoms with E-state index in [0.717, 1.165) is 22.3 Å². The van der Waals surface area contributed by atoms with Crippen molar-refractivity contribution in [1.29, 1.82) is 0 Å². The highest BCUT2D eigenvalue weighted by molar-refractivity contribution is 5.99. The van der Waals surface area contributed by atoms with Crippen LogP contribution in [0.2, 0.25) is 0 Å². The minimum absolute atomic E-state index is 0.204. The molecule has 0 saturated carbocycles. The average molecular weight is 611 g/mol. The van der Waals surface area contributed by atoms with Gasteiger partial charge in [-0.3, -0.25) is 10.6 Å². The van der Waals surface area contributed by atoms with Crippen LogP contribution in [0.3, 0.4) is 0 Å². The second-order valence-corrected chi connectivity index (χ2v) is 10.7. The molecule has 3 N–H and O–H groups in total. The van der Waals surface area contributed by atoms with Gasteiger partial charge in [0.05, 0.1) is 23.6 Å². The predicted molar refractivity (Wildman–Crippen MR) is 180 cm³/mol. The summed E-state index contributed by atoms with van der Waals surface area (Å²) in [6.07, 6.45) is 0.970. The molecular weight excluding hydrogens is 576 g/mol. The van der Waals surface area contributed by atoms with Crippen molar-refractivity contribution in [3.05, 3.63) is 156 Å². The van der Waals surface area contributed by atoms with Crippen LogP contribution in [-0.2, 0) is 10.3 Å². The largest absolute Gasteiger partial charge is 0.450 e. The number of fused-ring (bicyclic) bond motifs is 1. The predicted octanol–water partition coefficient (Wildman–Crippen LogP) is 7.72. The number of hydrogen-bond acceptors (Lipinski definition) is 5.